The molecule has 0 aromatic carbocycles. The molecule has 0 rings (SSSR count). The third-order valence-electron chi connectivity index (χ3n) is 16.9. The van der Waals surface area contributed by atoms with Gasteiger partial charge in [-0.05, 0) is 83.5 Å². The molecule has 6 nitrogen and oxygen atoms in total. The van der Waals surface area contributed by atoms with E-state index in [0.717, 1.165) is 51.4 Å². The first-order valence-electron chi connectivity index (χ1n) is 36.2. The number of hydrogen-bond donors (Lipinski definition) is 3. The number of unbranched alkanes of at least 4 members (excludes halogenated alkanes) is 51. The molecule has 80 heavy (non-hydrogen) atoms. The third kappa shape index (κ3) is 65.2. The van der Waals surface area contributed by atoms with Gasteiger partial charge in [-0.3, -0.25) is 9.59 Å². The maximum absolute atomic E-state index is 12.6. The zero-order valence-electron chi connectivity index (χ0n) is 54.1. The van der Waals surface area contributed by atoms with E-state index in [0.29, 0.717) is 25.9 Å². The van der Waals surface area contributed by atoms with Crippen molar-refractivity contribution in [1.29, 1.82) is 0 Å². The quantitative estimate of drug-likeness (QED) is 0.0320. The van der Waals surface area contributed by atoms with Gasteiger partial charge in [-0.1, -0.05) is 339 Å². The smallest absolute Gasteiger partial charge is 0.305 e. The van der Waals surface area contributed by atoms with Crippen LogP contribution >= 0.6 is 0 Å². The minimum absolute atomic E-state index is 0.00233. The Labute approximate surface area is 500 Å². The monoisotopic (exact) mass is 1120 g/mol. The largest absolute Gasteiger partial charge is 0.466 e. The van der Waals surface area contributed by atoms with Crippen molar-refractivity contribution in [2.75, 3.05) is 13.2 Å². The highest BCUT2D eigenvalue weighted by Gasteiger charge is 2.20. The van der Waals surface area contributed by atoms with Gasteiger partial charge in [0.1, 0.15) is 0 Å². The van der Waals surface area contributed by atoms with Gasteiger partial charge in [0.15, 0.2) is 0 Å². The molecule has 472 valence electrons. The molecule has 0 aliphatic rings. The van der Waals surface area contributed by atoms with E-state index in [9.17, 15) is 19.8 Å². The Hall–Kier alpha value is -1.92. The van der Waals surface area contributed by atoms with Crippen LogP contribution in [-0.4, -0.2) is 47.4 Å². The first kappa shape index (κ1) is 78.1. The molecule has 0 bridgehead atoms. The van der Waals surface area contributed by atoms with Crippen molar-refractivity contribution in [3.63, 3.8) is 0 Å². The first-order chi connectivity index (χ1) is 39.5. The minimum atomic E-state index is -0.667. The second kappa shape index (κ2) is 69.6. The zero-order valence-corrected chi connectivity index (χ0v) is 54.1. The van der Waals surface area contributed by atoms with E-state index in [1.807, 2.05) is 0 Å². The molecule has 0 saturated carbocycles. The average Bonchev–Trinajstić information content (AvgIpc) is 3.46. The fourth-order valence-corrected chi connectivity index (χ4v) is 11.4. The summed E-state index contributed by atoms with van der Waals surface area (Å²) in [5.41, 5.74) is 0. The Morgan fingerprint density at radius 1 is 0.350 bits per heavy atom. The summed E-state index contributed by atoms with van der Waals surface area (Å²) in [5.74, 6) is -0.0294. The SMILES string of the molecule is CCCCC/C=C\CCCCCCCC(=O)OCCCCCCCCCCC/C=C\C/C=C\CCCCCCCCCCCCCCCC(=O)NC(CO)C(O)CCCCCCCCCCCCCCCCCCCCCCCC. The van der Waals surface area contributed by atoms with Gasteiger partial charge in [-0.15, -0.1) is 0 Å². The number of allylic oxidation sites excluding steroid dienone is 6. The van der Waals surface area contributed by atoms with E-state index < -0.39 is 12.1 Å². The maximum atomic E-state index is 12.6. The van der Waals surface area contributed by atoms with Crippen molar-refractivity contribution >= 4 is 11.9 Å². The number of nitrogens with one attached hydrogen (secondary N) is 1. The van der Waals surface area contributed by atoms with Gasteiger partial charge in [-0.2, -0.15) is 0 Å². The van der Waals surface area contributed by atoms with Crippen molar-refractivity contribution in [2.24, 2.45) is 0 Å². The van der Waals surface area contributed by atoms with E-state index >= 15 is 0 Å². The molecule has 0 saturated heterocycles. The van der Waals surface area contributed by atoms with Gasteiger partial charge < -0.3 is 20.3 Å². The Morgan fingerprint density at radius 3 is 0.988 bits per heavy atom. The molecule has 0 aliphatic carbocycles. The first-order valence-corrected chi connectivity index (χ1v) is 36.2. The van der Waals surface area contributed by atoms with E-state index in [1.54, 1.807) is 0 Å². The molecule has 0 heterocycles. The van der Waals surface area contributed by atoms with Gasteiger partial charge in [0.2, 0.25) is 5.91 Å². The summed E-state index contributed by atoms with van der Waals surface area (Å²) < 4.78 is 5.47. The minimum Gasteiger partial charge on any atom is -0.466 e. The van der Waals surface area contributed by atoms with E-state index in [1.165, 1.54) is 315 Å². The third-order valence-corrected chi connectivity index (χ3v) is 16.9. The lowest BCUT2D eigenvalue weighted by molar-refractivity contribution is -0.143. The summed E-state index contributed by atoms with van der Waals surface area (Å²) in [6, 6.07) is -0.544. The van der Waals surface area contributed by atoms with Crippen LogP contribution < -0.4 is 5.32 Å². The van der Waals surface area contributed by atoms with Crippen molar-refractivity contribution in [3.05, 3.63) is 36.5 Å². The fraction of sp³-hybridized carbons (Fsp3) is 0.892. The molecule has 2 unspecified atom stereocenters. The predicted molar refractivity (Wildman–Crippen MR) is 352 cm³/mol. The molecule has 0 radical (unpaired) electrons. The lowest BCUT2D eigenvalue weighted by Crippen LogP contribution is -2.45. The van der Waals surface area contributed by atoms with E-state index in [2.05, 4.69) is 55.6 Å². The number of carbonyl (C=O) groups is 2. The number of aliphatic hydroxyl groups is 2. The van der Waals surface area contributed by atoms with Crippen LogP contribution in [0.5, 0.6) is 0 Å². The van der Waals surface area contributed by atoms with Crippen LogP contribution in [0.3, 0.4) is 0 Å². The molecule has 3 N–H and O–H groups in total. The molecule has 0 spiro atoms. The zero-order chi connectivity index (χ0) is 57.8. The van der Waals surface area contributed by atoms with Crippen molar-refractivity contribution in [1.82, 2.24) is 5.32 Å². The molecule has 0 aromatic rings. The van der Waals surface area contributed by atoms with Gasteiger partial charge >= 0.3 is 5.97 Å². The normalized spacial score (nSPS) is 12.7. The number of rotatable bonds is 68. The Balaban J connectivity index is 3.41. The van der Waals surface area contributed by atoms with Crippen molar-refractivity contribution < 1.29 is 24.5 Å². The molecular weight excluding hydrogens is 983 g/mol. The summed E-state index contributed by atoms with van der Waals surface area (Å²) >= 11 is 0. The Kier molecular flexibility index (Phi) is 67.9. The molecule has 0 aliphatic heterocycles. The number of amides is 1. The number of aliphatic hydroxyl groups excluding tert-OH is 2. The van der Waals surface area contributed by atoms with Crippen LogP contribution in [0.4, 0.5) is 0 Å². The highest BCUT2D eigenvalue weighted by Crippen LogP contribution is 2.19. The number of esters is 1. The van der Waals surface area contributed by atoms with Crippen LogP contribution in [0.25, 0.3) is 0 Å². The maximum Gasteiger partial charge on any atom is 0.305 e. The number of ether oxygens (including phenoxy) is 1. The van der Waals surface area contributed by atoms with Crippen molar-refractivity contribution in [2.45, 2.75) is 411 Å². The highest BCUT2D eigenvalue weighted by molar-refractivity contribution is 5.76. The fourth-order valence-electron chi connectivity index (χ4n) is 11.4. The standard InChI is InChI=1S/C74H141NO5/c1-3-5-7-9-11-13-15-17-18-19-20-21-31-34-37-40-43-46-50-54-58-62-66-72(77)71(70-76)75-73(78)67-63-59-55-51-47-44-41-38-35-32-29-27-25-23-22-24-26-28-30-33-36-39-42-45-49-53-57-61-65-69-80-74(79)68-64-60-56-52-48-16-14-12-10-8-6-4-2/h12,14,22,24,28,30,71-72,76-77H,3-11,13,15-21,23,25-27,29,31-70H2,1-2H3,(H,75,78)/b14-12-,24-22-,30-28-. The van der Waals surface area contributed by atoms with Crippen LogP contribution in [0.15, 0.2) is 36.5 Å². The molecule has 0 aromatic heterocycles. The van der Waals surface area contributed by atoms with Crippen LogP contribution in [0, 0.1) is 0 Å². The summed E-state index contributed by atoms with van der Waals surface area (Å²) in [5, 5.41) is 23.4. The number of carbonyl (C=O) groups excluding carboxylic acids is 2. The van der Waals surface area contributed by atoms with Gasteiger partial charge in [0.25, 0.3) is 0 Å². The summed E-state index contributed by atoms with van der Waals surface area (Å²) in [4.78, 5) is 24.6. The van der Waals surface area contributed by atoms with Gasteiger partial charge in [-0.25, -0.2) is 0 Å². The predicted octanol–water partition coefficient (Wildman–Crippen LogP) is 23.5. The summed E-state index contributed by atoms with van der Waals surface area (Å²) in [7, 11) is 0. The Morgan fingerprint density at radius 2 is 0.625 bits per heavy atom. The topological polar surface area (TPSA) is 95.9 Å². The molecule has 2 atom stereocenters. The number of hydrogen-bond acceptors (Lipinski definition) is 5. The van der Waals surface area contributed by atoms with E-state index in [-0.39, 0.29) is 18.5 Å². The van der Waals surface area contributed by atoms with Gasteiger partial charge in [0.05, 0.1) is 25.4 Å². The average molecular weight is 1120 g/mol. The lowest BCUT2D eigenvalue weighted by Gasteiger charge is -2.22. The molecule has 1 amide bonds. The van der Waals surface area contributed by atoms with Crippen LogP contribution in [0.1, 0.15) is 399 Å². The van der Waals surface area contributed by atoms with Crippen molar-refractivity contribution in [3.8, 4) is 0 Å². The Bertz CT molecular complexity index is 1300. The second-order valence-corrected chi connectivity index (χ2v) is 24.9. The molecule has 0 fully saturated rings. The second-order valence-electron chi connectivity index (χ2n) is 24.9. The molecular formula is C74H141NO5. The molecule has 6 heteroatoms. The van der Waals surface area contributed by atoms with Crippen LogP contribution in [0.2, 0.25) is 0 Å². The summed E-state index contributed by atoms with van der Waals surface area (Å²) in [6.45, 7) is 4.96. The van der Waals surface area contributed by atoms with Crippen LogP contribution in [-0.2, 0) is 14.3 Å². The highest BCUT2D eigenvalue weighted by atomic mass is 16.5. The lowest BCUT2D eigenvalue weighted by atomic mass is 10.0. The van der Waals surface area contributed by atoms with E-state index in [4.69, 9.17) is 4.74 Å². The van der Waals surface area contributed by atoms with Gasteiger partial charge in [0, 0.05) is 12.8 Å². The summed E-state index contributed by atoms with van der Waals surface area (Å²) in [6.07, 6.45) is 89.1.